The largest absolute Gasteiger partial charge is 0.478 e. The highest BCUT2D eigenvalue weighted by atomic mass is 32.1. The van der Waals surface area contributed by atoms with Crippen molar-refractivity contribution in [1.29, 1.82) is 0 Å². The fourth-order valence-corrected chi connectivity index (χ4v) is 1.51. The number of aliphatic hydroxyl groups is 1. The molecule has 0 aromatic rings. The standard InChI is InChI=1S/C7H8N4O3S/c12-3-10-2-5-8-1-4(7(13)14)6(15)11(5)9-10/h1-2,8-9,12H,3H2,(H,13,14). The Labute approximate surface area is 90.2 Å². The van der Waals surface area contributed by atoms with E-state index in [1.165, 1.54) is 16.2 Å². The Bertz CT molecular complexity index is 392. The summed E-state index contributed by atoms with van der Waals surface area (Å²) in [6, 6.07) is 0. The van der Waals surface area contributed by atoms with Gasteiger partial charge in [0.15, 0.2) is 0 Å². The zero-order valence-electron chi connectivity index (χ0n) is 7.47. The van der Waals surface area contributed by atoms with Crippen LogP contribution in [0.5, 0.6) is 0 Å². The van der Waals surface area contributed by atoms with E-state index in [0.29, 0.717) is 5.82 Å². The summed E-state index contributed by atoms with van der Waals surface area (Å²) < 4.78 is 0. The van der Waals surface area contributed by atoms with Crippen LogP contribution in [0.25, 0.3) is 0 Å². The number of carboxylic acid groups (broad SMARTS) is 1. The third-order valence-electron chi connectivity index (χ3n) is 1.93. The molecule has 2 heterocycles. The van der Waals surface area contributed by atoms with E-state index >= 15 is 0 Å². The van der Waals surface area contributed by atoms with Crippen molar-refractivity contribution in [3.05, 3.63) is 23.8 Å². The van der Waals surface area contributed by atoms with Crippen molar-refractivity contribution in [2.75, 3.05) is 6.73 Å². The number of nitrogens with zero attached hydrogens (tertiary/aromatic N) is 2. The molecular formula is C7H8N4O3S. The molecule has 15 heavy (non-hydrogen) atoms. The molecule has 0 saturated carbocycles. The molecule has 80 valence electrons. The number of nitrogens with one attached hydrogen (secondary N) is 2. The van der Waals surface area contributed by atoms with Crippen LogP contribution in [0, 0.1) is 0 Å². The SMILES string of the molecule is O=C(O)C1=CNC2=CN(CO)NN2C1=S. The fourth-order valence-electron chi connectivity index (χ4n) is 1.23. The average molecular weight is 228 g/mol. The topological polar surface area (TPSA) is 88.1 Å². The lowest BCUT2D eigenvalue weighted by Gasteiger charge is -2.27. The summed E-state index contributed by atoms with van der Waals surface area (Å²) >= 11 is 4.97. The van der Waals surface area contributed by atoms with Crippen LogP contribution in [0.15, 0.2) is 23.8 Å². The first-order valence-electron chi connectivity index (χ1n) is 4.03. The van der Waals surface area contributed by atoms with Gasteiger partial charge in [-0.25, -0.2) is 9.80 Å². The first-order valence-corrected chi connectivity index (χ1v) is 4.44. The predicted octanol–water partition coefficient (Wildman–Crippen LogP) is -1.33. The predicted molar refractivity (Wildman–Crippen MR) is 53.4 cm³/mol. The van der Waals surface area contributed by atoms with E-state index < -0.39 is 5.97 Å². The Morgan fingerprint density at radius 1 is 1.60 bits per heavy atom. The number of aliphatic carboxylic acids is 1. The lowest BCUT2D eigenvalue weighted by atomic mass is 10.2. The molecular weight excluding hydrogens is 220 g/mol. The first kappa shape index (κ1) is 9.90. The van der Waals surface area contributed by atoms with Crippen LogP contribution in [-0.4, -0.2) is 37.9 Å². The molecule has 0 spiro atoms. The third kappa shape index (κ3) is 1.54. The van der Waals surface area contributed by atoms with Crippen molar-refractivity contribution in [2.24, 2.45) is 0 Å². The molecule has 4 N–H and O–H groups in total. The van der Waals surface area contributed by atoms with Gasteiger partial charge in [-0.2, -0.15) is 0 Å². The van der Waals surface area contributed by atoms with Crippen molar-refractivity contribution in [2.45, 2.75) is 0 Å². The zero-order chi connectivity index (χ0) is 11.0. The van der Waals surface area contributed by atoms with Gasteiger partial charge in [-0.05, 0) is 0 Å². The normalized spacial score (nSPS) is 19.4. The Balaban J connectivity index is 2.24. The van der Waals surface area contributed by atoms with Gasteiger partial charge in [0.2, 0.25) is 0 Å². The molecule has 0 amide bonds. The van der Waals surface area contributed by atoms with Gasteiger partial charge in [-0.1, -0.05) is 12.2 Å². The van der Waals surface area contributed by atoms with Crippen LogP contribution < -0.4 is 10.9 Å². The van der Waals surface area contributed by atoms with Crippen molar-refractivity contribution in [3.63, 3.8) is 0 Å². The van der Waals surface area contributed by atoms with Crippen LogP contribution in [0.2, 0.25) is 0 Å². The number of hydrogen-bond acceptors (Lipinski definition) is 6. The number of thiocarbonyl (C=S) groups is 1. The van der Waals surface area contributed by atoms with Crippen molar-refractivity contribution in [3.8, 4) is 0 Å². The summed E-state index contributed by atoms with van der Waals surface area (Å²) in [5.74, 6) is -0.533. The Morgan fingerprint density at radius 3 is 2.93 bits per heavy atom. The van der Waals surface area contributed by atoms with Crippen LogP contribution in [0.1, 0.15) is 0 Å². The minimum atomic E-state index is -1.10. The molecule has 8 heteroatoms. The maximum atomic E-state index is 10.8. The molecule has 0 radical (unpaired) electrons. The van der Waals surface area contributed by atoms with Gasteiger partial charge in [0.25, 0.3) is 0 Å². The number of carboxylic acids is 1. The van der Waals surface area contributed by atoms with Crippen LogP contribution in [0.3, 0.4) is 0 Å². The zero-order valence-corrected chi connectivity index (χ0v) is 8.28. The molecule has 0 aromatic carbocycles. The van der Waals surface area contributed by atoms with E-state index in [0.717, 1.165) is 0 Å². The molecule has 0 aromatic heterocycles. The van der Waals surface area contributed by atoms with E-state index in [1.807, 2.05) is 0 Å². The number of hydrazine groups is 2. The molecule has 2 aliphatic rings. The number of aliphatic hydroxyl groups excluding tert-OH is 1. The number of fused-ring (bicyclic) bond motifs is 1. The van der Waals surface area contributed by atoms with Crippen molar-refractivity contribution >= 4 is 23.2 Å². The molecule has 0 unspecified atom stereocenters. The second-order valence-corrected chi connectivity index (χ2v) is 3.26. The number of hydrogen-bond donors (Lipinski definition) is 4. The molecule has 7 nitrogen and oxygen atoms in total. The van der Waals surface area contributed by atoms with E-state index in [9.17, 15) is 4.79 Å². The van der Waals surface area contributed by atoms with Crippen molar-refractivity contribution in [1.82, 2.24) is 20.9 Å². The second-order valence-electron chi connectivity index (χ2n) is 2.87. The van der Waals surface area contributed by atoms with E-state index in [4.69, 9.17) is 22.4 Å². The lowest BCUT2D eigenvalue weighted by Crippen LogP contribution is -2.48. The highest BCUT2D eigenvalue weighted by Gasteiger charge is 2.31. The first-order chi connectivity index (χ1) is 7.13. The monoisotopic (exact) mass is 228 g/mol. The summed E-state index contributed by atoms with van der Waals surface area (Å²) in [5, 5.41) is 23.2. The average Bonchev–Trinajstić information content (AvgIpc) is 2.61. The van der Waals surface area contributed by atoms with Gasteiger partial charge >= 0.3 is 5.97 Å². The highest BCUT2D eigenvalue weighted by Crippen LogP contribution is 2.17. The molecule has 0 aliphatic carbocycles. The minimum Gasteiger partial charge on any atom is -0.478 e. The van der Waals surface area contributed by atoms with Crippen LogP contribution in [-0.2, 0) is 4.79 Å². The summed E-state index contributed by atoms with van der Waals surface area (Å²) in [7, 11) is 0. The summed E-state index contributed by atoms with van der Waals surface area (Å²) in [5.41, 5.74) is 2.69. The lowest BCUT2D eigenvalue weighted by molar-refractivity contribution is -0.132. The quantitative estimate of drug-likeness (QED) is 0.432. The molecule has 2 rings (SSSR count). The molecule has 2 aliphatic heterocycles. The van der Waals surface area contributed by atoms with Gasteiger partial charge in [0.1, 0.15) is 23.1 Å². The minimum absolute atomic E-state index is 0.00515. The second kappa shape index (κ2) is 3.50. The maximum Gasteiger partial charge on any atom is 0.340 e. The van der Waals surface area contributed by atoms with Gasteiger partial charge < -0.3 is 15.5 Å². The molecule has 0 atom stereocenters. The van der Waals surface area contributed by atoms with Gasteiger partial charge in [-0.3, -0.25) is 5.01 Å². The smallest absolute Gasteiger partial charge is 0.340 e. The number of rotatable bonds is 2. The molecule has 0 saturated heterocycles. The number of carbonyl (C=O) groups is 1. The van der Waals surface area contributed by atoms with E-state index in [1.54, 1.807) is 6.20 Å². The van der Waals surface area contributed by atoms with E-state index in [2.05, 4.69) is 10.9 Å². The Kier molecular flexibility index (Phi) is 2.31. The van der Waals surface area contributed by atoms with Gasteiger partial charge in [-0.15, -0.1) is 5.53 Å². The molecule has 0 bridgehead atoms. The molecule has 0 fully saturated rings. The van der Waals surface area contributed by atoms with Gasteiger partial charge in [0, 0.05) is 6.20 Å². The van der Waals surface area contributed by atoms with Crippen LogP contribution >= 0.6 is 12.2 Å². The van der Waals surface area contributed by atoms with E-state index in [-0.39, 0.29) is 17.3 Å². The maximum absolute atomic E-state index is 10.8. The van der Waals surface area contributed by atoms with Gasteiger partial charge in [0.05, 0.1) is 6.20 Å². The summed E-state index contributed by atoms with van der Waals surface area (Å²) in [4.78, 5) is 10.9. The van der Waals surface area contributed by atoms with Crippen LogP contribution in [0.4, 0.5) is 0 Å². The Hall–Kier alpha value is -1.64. The Morgan fingerprint density at radius 2 is 2.33 bits per heavy atom. The summed E-state index contributed by atoms with van der Waals surface area (Å²) in [6.45, 7) is -0.243. The third-order valence-corrected chi connectivity index (χ3v) is 2.33. The summed E-state index contributed by atoms with van der Waals surface area (Å²) in [6.07, 6.45) is 2.89. The fraction of sp³-hybridized carbons (Fsp3) is 0.143. The highest BCUT2D eigenvalue weighted by molar-refractivity contribution is 7.80. The van der Waals surface area contributed by atoms with Crippen molar-refractivity contribution < 1.29 is 15.0 Å².